The number of rotatable bonds is 2. The van der Waals surface area contributed by atoms with E-state index in [4.69, 9.17) is 11.6 Å². The fourth-order valence-electron chi connectivity index (χ4n) is 2.25. The van der Waals surface area contributed by atoms with Crippen molar-refractivity contribution in [3.05, 3.63) is 89.1 Å². The second-order valence-corrected chi connectivity index (χ2v) is 4.92. The lowest BCUT2D eigenvalue weighted by molar-refractivity contribution is 0.737. The highest BCUT2D eigenvalue weighted by Gasteiger charge is 2.15. The van der Waals surface area contributed by atoms with E-state index in [0.717, 1.165) is 5.57 Å². The lowest BCUT2D eigenvalue weighted by Gasteiger charge is -2.22. The van der Waals surface area contributed by atoms with Crippen LogP contribution in [0.5, 0.6) is 0 Å². The summed E-state index contributed by atoms with van der Waals surface area (Å²) in [5, 5.41) is 3.96. The highest BCUT2D eigenvalue weighted by molar-refractivity contribution is 6.30. The van der Waals surface area contributed by atoms with Gasteiger partial charge in [0, 0.05) is 0 Å². The first-order valence-electron chi connectivity index (χ1n) is 6.29. The SMILES string of the molecule is ClC1=CC(c2ccccc2)=CC(c2ccccc2)N1. The molecule has 0 radical (unpaired) electrons. The Morgan fingerprint density at radius 3 is 2.16 bits per heavy atom. The molecule has 0 bridgehead atoms. The van der Waals surface area contributed by atoms with Gasteiger partial charge in [0.1, 0.15) is 5.16 Å². The second-order valence-electron chi connectivity index (χ2n) is 4.51. The topological polar surface area (TPSA) is 12.0 Å². The summed E-state index contributed by atoms with van der Waals surface area (Å²) < 4.78 is 0. The lowest BCUT2D eigenvalue weighted by Crippen LogP contribution is -2.19. The molecule has 2 heteroatoms. The zero-order valence-corrected chi connectivity index (χ0v) is 11.1. The van der Waals surface area contributed by atoms with Crippen LogP contribution < -0.4 is 5.32 Å². The van der Waals surface area contributed by atoms with Crippen LogP contribution >= 0.6 is 11.6 Å². The minimum absolute atomic E-state index is 0.119. The molecule has 0 aromatic heterocycles. The molecule has 1 aliphatic heterocycles. The Balaban J connectivity index is 1.98. The Morgan fingerprint density at radius 1 is 0.842 bits per heavy atom. The second kappa shape index (κ2) is 5.33. The van der Waals surface area contributed by atoms with E-state index in [1.54, 1.807) is 0 Å². The Kier molecular flexibility index (Phi) is 3.39. The zero-order chi connectivity index (χ0) is 13.1. The van der Waals surface area contributed by atoms with Crippen molar-refractivity contribution in [3.8, 4) is 0 Å². The van der Waals surface area contributed by atoms with Gasteiger partial charge in [0.15, 0.2) is 0 Å². The van der Waals surface area contributed by atoms with Gasteiger partial charge < -0.3 is 5.32 Å². The number of hydrogen-bond donors (Lipinski definition) is 1. The minimum atomic E-state index is 0.119. The van der Waals surface area contributed by atoms with Gasteiger partial charge in [0.2, 0.25) is 0 Å². The molecule has 0 fully saturated rings. The molecular formula is C17H14ClN. The summed E-state index contributed by atoms with van der Waals surface area (Å²) in [5.41, 5.74) is 3.54. The first-order chi connectivity index (χ1) is 9.33. The molecule has 0 aliphatic carbocycles. The van der Waals surface area contributed by atoms with E-state index < -0.39 is 0 Å². The van der Waals surface area contributed by atoms with E-state index in [1.165, 1.54) is 11.1 Å². The van der Waals surface area contributed by atoms with Crippen molar-refractivity contribution in [1.82, 2.24) is 5.32 Å². The predicted octanol–water partition coefficient (Wildman–Crippen LogP) is 4.49. The van der Waals surface area contributed by atoms with Crippen molar-refractivity contribution in [3.63, 3.8) is 0 Å². The summed E-state index contributed by atoms with van der Waals surface area (Å²) in [7, 11) is 0. The zero-order valence-electron chi connectivity index (χ0n) is 10.4. The first-order valence-corrected chi connectivity index (χ1v) is 6.67. The van der Waals surface area contributed by atoms with Gasteiger partial charge in [0.25, 0.3) is 0 Å². The molecule has 1 unspecified atom stereocenters. The normalized spacial score (nSPS) is 18.3. The van der Waals surface area contributed by atoms with Crippen LogP contribution in [0.1, 0.15) is 17.2 Å². The maximum Gasteiger partial charge on any atom is 0.103 e. The van der Waals surface area contributed by atoms with Crippen LogP contribution in [0.3, 0.4) is 0 Å². The molecule has 0 amide bonds. The Hall–Kier alpha value is -1.99. The van der Waals surface area contributed by atoms with Crippen molar-refractivity contribution in [2.24, 2.45) is 0 Å². The average molecular weight is 268 g/mol. The summed E-state index contributed by atoms with van der Waals surface area (Å²) in [4.78, 5) is 0. The Labute approximate surface area is 118 Å². The molecule has 0 saturated heterocycles. The summed E-state index contributed by atoms with van der Waals surface area (Å²) in [6.07, 6.45) is 4.17. The number of halogens is 1. The highest BCUT2D eigenvalue weighted by Crippen LogP contribution is 2.29. The number of nitrogens with one attached hydrogen (secondary N) is 1. The van der Waals surface area contributed by atoms with Crippen LogP contribution in [0.4, 0.5) is 0 Å². The largest absolute Gasteiger partial charge is 0.365 e. The summed E-state index contributed by atoms with van der Waals surface area (Å²) >= 11 is 6.22. The number of allylic oxidation sites excluding steroid dienone is 2. The molecule has 94 valence electrons. The molecule has 1 heterocycles. The molecule has 0 saturated carbocycles. The van der Waals surface area contributed by atoms with Crippen LogP contribution in [0.25, 0.3) is 5.57 Å². The minimum Gasteiger partial charge on any atom is -0.365 e. The molecule has 1 atom stereocenters. The third-order valence-electron chi connectivity index (χ3n) is 3.19. The van der Waals surface area contributed by atoms with Crippen LogP contribution in [-0.4, -0.2) is 0 Å². The lowest BCUT2D eigenvalue weighted by atomic mass is 9.97. The third kappa shape index (κ3) is 2.72. The quantitative estimate of drug-likeness (QED) is 0.791. The van der Waals surface area contributed by atoms with Gasteiger partial charge >= 0.3 is 0 Å². The number of benzene rings is 2. The third-order valence-corrected chi connectivity index (χ3v) is 3.41. The number of dihydropyridines is 1. The summed E-state index contributed by atoms with van der Waals surface area (Å²) in [6, 6.07) is 20.7. The maximum absolute atomic E-state index is 6.22. The number of hydrogen-bond acceptors (Lipinski definition) is 1. The first kappa shape index (κ1) is 12.1. The predicted molar refractivity (Wildman–Crippen MR) is 80.7 cm³/mol. The van der Waals surface area contributed by atoms with Crippen LogP contribution in [0.2, 0.25) is 0 Å². The van der Waals surface area contributed by atoms with Gasteiger partial charge in [-0.3, -0.25) is 0 Å². The maximum atomic E-state index is 6.22. The van der Waals surface area contributed by atoms with Gasteiger partial charge in [-0.05, 0) is 28.9 Å². The molecule has 1 nitrogen and oxygen atoms in total. The van der Waals surface area contributed by atoms with Crippen molar-refractivity contribution < 1.29 is 0 Å². The van der Waals surface area contributed by atoms with E-state index in [2.05, 4.69) is 35.7 Å². The molecule has 1 aliphatic rings. The van der Waals surface area contributed by atoms with Crippen molar-refractivity contribution in [2.45, 2.75) is 6.04 Å². The molecular weight excluding hydrogens is 254 g/mol. The van der Waals surface area contributed by atoms with Crippen molar-refractivity contribution in [1.29, 1.82) is 0 Å². The molecule has 19 heavy (non-hydrogen) atoms. The molecule has 1 N–H and O–H groups in total. The molecule has 2 aromatic carbocycles. The Bertz CT molecular complexity index is 614. The van der Waals surface area contributed by atoms with E-state index in [9.17, 15) is 0 Å². The van der Waals surface area contributed by atoms with E-state index in [0.29, 0.717) is 5.16 Å². The molecule has 0 spiro atoms. The summed E-state index contributed by atoms with van der Waals surface area (Å²) in [5.74, 6) is 0. The average Bonchev–Trinajstić information content (AvgIpc) is 2.48. The van der Waals surface area contributed by atoms with Crippen molar-refractivity contribution in [2.75, 3.05) is 0 Å². The van der Waals surface area contributed by atoms with E-state index in [1.807, 2.05) is 42.5 Å². The van der Waals surface area contributed by atoms with Crippen LogP contribution in [0, 0.1) is 0 Å². The van der Waals surface area contributed by atoms with Gasteiger partial charge in [0.05, 0.1) is 6.04 Å². The smallest absolute Gasteiger partial charge is 0.103 e. The fraction of sp³-hybridized carbons (Fsp3) is 0.0588. The molecule has 3 rings (SSSR count). The van der Waals surface area contributed by atoms with Crippen LogP contribution in [0.15, 0.2) is 78.0 Å². The monoisotopic (exact) mass is 267 g/mol. The van der Waals surface area contributed by atoms with Crippen LogP contribution in [-0.2, 0) is 0 Å². The molecule has 2 aromatic rings. The van der Waals surface area contributed by atoms with E-state index in [-0.39, 0.29) is 6.04 Å². The highest BCUT2D eigenvalue weighted by atomic mass is 35.5. The fourth-order valence-corrected chi connectivity index (χ4v) is 2.48. The van der Waals surface area contributed by atoms with Gasteiger partial charge in [-0.25, -0.2) is 0 Å². The standard InChI is InChI=1S/C17H14ClN/c18-17-12-15(13-7-3-1-4-8-13)11-16(19-17)14-9-5-2-6-10-14/h1-12,16,19H. The van der Waals surface area contributed by atoms with Gasteiger partial charge in [-0.1, -0.05) is 72.3 Å². The van der Waals surface area contributed by atoms with Gasteiger partial charge in [-0.15, -0.1) is 0 Å². The van der Waals surface area contributed by atoms with Gasteiger partial charge in [-0.2, -0.15) is 0 Å². The van der Waals surface area contributed by atoms with E-state index >= 15 is 0 Å². The van der Waals surface area contributed by atoms with Crippen molar-refractivity contribution >= 4 is 17.2 Å². The summed E-state index contributed by atoms with van der Waals surface area (Å²) in [6.45, 7) is 0. The Morgan fingerprint density at radius 2 is 1.47 bits per heavy atom.